The highest BCUT2D eigenvalue weighted by atomic mass is 35.5. The SMILES string of the molecule is O=C(C=Cc1ccc(Cl)c([N+](=O)[O-])c1)Nc1ccc(Cl)cc1. The van der Waals surface area contributed by atoms with Gasteiger partial charge < -0.3 is 5.32 Å². The van der Waals surface area contributed by atoms with Gasteiger partial charge in [-0.05, 0) is 42.0 Å². The van der Waals surface area contributed by atoms with Crippen molar-refractivity contribution in [3.05, 3.63) is 74.3 Å². The van der Waals surface area contributed by atoms with E-state index in [2.05, 4.69) is 5.32 Å². The van der Waals surface area contributed by atoms with Crippen molar-refractivity contribution in [2.45, 2.75) is 0 Å². The Morgan fingerprint density at radius 1 is 1.14 bits per heavy atom. The van der Waals surface area contributed by atoms with Crippen molar-refractivity contribution in [3.8, 4) is 0 Å². The van der Waals surface area contributed by atoms with Crippen LogP contribution in [-0.2, 0) is 4.79 Å². The van der Waals surface area contributed by atoms with Crippen LogP contribution in [0.15, 0.2) is 48.5 Å². The Morgan fingerprint density at radius 3 is 2.45 bits per heavy atom. The minimum atomic E-state index is -0.576. The van der Waals surface area contributed by atoms with Crippen molar-refractivity contribution in [3.63, 3.8) is 0 Å². The van der Waals surface area contributed by atoms with Crippen LogP contribution in [0.1, 0.15) is 5.56 Å². The minimum Gasteiger partial charge on any atom is -0.323 e. The predicted octanol–water partition coefficient (Wildman–Crippen LogP) is 4.55. The van der Waals surface area contributed by atoms with Crippen molar-refractivity contribution in [2.75, 3.05) is 5.32 Å². The van der Waals surface area contributed by atoms with Gasteiger partial charge in [-0.2, -0.15) is 0 Å². The third-order valence-corrected chi connectivity index (χ3v) is 3.28. The van der Waals surface area contributed by atoms with E-state index in [9.17, 15) is 14.9 Å². The summed E-state index contributed by atoms with van der Waals surface area (Å²) in [7, 11) is 0. The molecular formula is C15H10Cl2N2O3. The Balaban J connectivity index is 2.08. The first-order valence-electron chi connectivity index (χ1n) is 6.14. The average Bonchev–Trinajstić information content (AvgIpc) is 2.48. The Bertz CT molecular complexity index is 743. The highest BCUT2D eigenvalue weighted by Crippen LogP contribution is 2.25. The van der Waals surface area contributed by atoms with Crippen molar-refractivity contribution in [2.24, 2.45) is 0 Å². The quantitative estimate of drug-likeness (QED) is 0.505. The number of halogens is 2. The number of rotatable bonds is 4. The highest BCUT2D eigenvalue weighted by Gasteiger charge is 2.11. The molecule has 2 rings (SSSR count). The number of nitrogens with zero attached hydrogens (tertiary/aromatic N) is 1. The zero-order valence-corrected chi connectivity index (χ0v) is 12.6. The van der Waals surface area contributed by atoms with E-state index in [-0.39, 0.29) is 16.6 Å². The van der Waals surface area contributed by atoms with Gasteiger partial charge in [-0.3, -0.25) is 14.9 Å². The van der Waals surface area contributed by atoms with E-state index < -0.39 is 4.92 Å². The Labute approximate surface area is 136 Å². The topological polar surface area (TPSA) is 72.2 Å². The van der Waals surface area contributed by atoms with Gasteiger partial charge in [-0.1, -0.05) is 29.3 Å². The molecule has 2 aromatic carbocycles. The third kappa shape index (κ3) is 4.31. The maximum Gasteiger partial charge on any atom is 0.288 e. The molecule has 112 valence electrons. The fraction of sp³-hybridized carbons (Fsp3) is 0. The summed E-state index contributed by atoms with van der Waals surface area (Å²) in [4.78, 5) is 22.0. The molecule has 0 unspecified atom stereocenters. The van der Waals surface area contributed by atoms with Crippen LogP contribution in [0.4, 0.5) is 11.4 Å². The van der Waals surface area contributed by atoms with Crippen LogP contribution in [0.5, 0.6) is 0 Å². The van der Waals surface area contributed by atoms with Gasteiger partial charge in [0.2, 0.25) is 5.91 Å². The van der Waals surface area contributed by atoms with Gasteiger partial charge >= 0.3 is 0 Å². The summed E-state index contributed by atoms with van der Waals surface area (Å²) in [6.07, 6.45) is 2.75. The van der Waals surface area contributed by atoms with E-state index in [1.54, 1.807) is 30.3 Å². The lowest BCUT2D eigenvalue weighted by Crippen LogP contribution is -2.07. The molecule has 0 saturated heterocycles. The molecule has 0 fully saturated rings. The molecule has 0 aliphatic carbocycles. The summed E-state index contributed by atoms with van der Waals surface area (Å²) >= 11 is 11.5. The molecule has 0 aliphatic rings. The maximum atomic E-state index is 11.8. The van der Waals surface area contributed by atoms with Crippen LogP contribution < -0.4 is 5.32 Å². The Kier molecular flexibility index (Phi) is 5.14. The summed E-state index contributed by atoms with van der Waals surface area (Å²) < 4.78 is 0. The normalized spacial score (nSPS) is 10.6. The van der Waals surface area contributed by atoms with Crippen LogP contribution in [-0.4, -0.2) is 10.8 Å². The lowest BCUT2D eigenvalue weighted by Gasteiger charge is -2.01. The standard InChI is InChI=1S/C15H10Cl2N2O3/c16-11-3-5-12(6-4-11)18-15(20)8-2-10-1-7-13(17)14(9-10)19(21)22/h1-9H,(H,18,20). The van der Waals surface area contributed by atoms with E-state index in [4.69, 9.17) is 23.2 Å². The molecule has 0 aliphatic heterocycles. The highest BCUT2D eigenvalue weighted by molar-refractivity contribution is 6.32. The van der Waals surface area contributed by atoms with Crippen LogP contribution in [0.3, 0.4) is 0 Å². The van der Waals surface area contributed by atoms with Gasteiger partial charge in [-0.25, -0.2) is 0 Å². The van der Waals surface area contributed by atoms with Crippen LogP contribution in [0.25, 0.3) is 6.08 Å². The summed E-state index contributed by atoms with van der Waals surface area (Å²) in [6.45, 7) is 0. The molecule has 0 radical (unpaired) electrons. The number of nitro groups is 1. The van der Waals surface area contributed by atoms with E-state index >= 15 is 0 Å². The largest absolute Gasteiger partial charge is 0.323 e. The van der Waals surface area contributed by atoms with E-state index in [0.717, 1.165) is 0 Å². The third-order valence-electron chi connectivity index (χ3n) is 2.71. The number of anilines is 1. The number of nitro benzene ring substituents is 1. The number of carbonyl (C=O) groups is 1. The first kappa shape index (κ1) is 16.0. The van der Waals surface area contributed by atoms with Gasteiger partial charge in [0.05, 0.1) is 4.92 Å². The van der Waals surface area contributed by atoms with Gasteiger partial charge in [0.15, 0.2) is 0 Å². The summed E-state index contributed by atoms with van der Waals surface area (Å²) in [5, 5.41) is 14.1. The lowest BCUT2D eigenvalue weighted by atomic mass is 10.2. The summed E-state index contributed by atoms with van der Waals surface area (Å²) in [6, 6.07) is 10.9. The molecule has 0 spiro atoms. The van der Waals surface area contributed by atoms with Gasteiger partial charge in [-0.15, -0.1) is 0 Å². The molecule has 0 bridgehead atoms. The fourth-order valence-electron chi connectivity index (χ4n) is 1.66. The number of amides is 1. The van der Waals surface area contributed by atoms with Crippen LogP contribution >= 0.6 is 23.2 Å². The average molecular weight is 337 g/mol. The summed E-state index contributed by atoms with van der Waals surface area (Å²) in [5.41, 5.74) is 0.894. The molecule has 0 aromatic heterocycles. The second-order valence-corrected chi connectivity index (χ2v) is 5.14. The molecule has 0 heterocycles. The van der Waals surface area contributed by atoms with Crippen molar-refractivity contribution >= 4 is 46.6 Å². The molecule has 22 heavy (non-hydrogen) atoms. The first-order valence-corrected chi connectivity index (χ1v) is 6.90. The van der Waals surface area contributed by atoms with Gasteiger partial charge in [0, 0.05) is 22.9 Å². The van der Waals surface area contributed by atoms with Gasteiger partial charge in [0.25, 0.3) is 5.69 Å². The zero-order valence-electron chi connectivity index (χ0n) is 11.1. The Hall–Kier alpha value is -2.37. The molecule has 0 saturated carbocycles. The predicted molar refractivity (Wildman–Crippen MR) is 87.2 cm³/mol. The fourth-order valence-corrected chi connectivity index (χ4v) is 1.97. The molecular weight excluding hydrogens is 327 g/mol. The van der Waals surface area contributed by atoms with E-state index in [1.807, 2.05) is 0 Å². The van der Waals surface area contributed by atoms with Gasteiger partial charge in [0.1, 0.15) is 5.02 Å². The Morgan fingerprint density at radius 2 is 1.82 bits per heavy atom. The lowest BCUT2D eigenvalue weighted by molar-refractivity contribution is -0.384. The van der Waals surface area contributed by atoms with Crippen molar-refractivity contribution < 1.29 is 9.72 Å². The molecule has 7 heteroatoms. The van der Waals surface area contributed by atoms with Crippen molar-refractivity contribution in [1.82, 2.24) is 0 Å². The van der Waals surface area contributed by atoms with E-state index in [0.29, 0.717) is 16.3 Å². The smallest absolute Gasteiger partial charge is 0.288 e. The molecule has 5 nitrogen and oxygen atoms in total. The number of nitrogens with one attached hydrogen (secondary N) is 1. The number of benzene rings is 2. The second kappa shape index (κ2) is 7.06. The van der Waals surface area contributed by atoms with Crippen LogP contribution in [0.2, 0.25) is 10.0 Å². The summed E-state index contributed by atoms with van der Waals surface area (Å²) in [5.74, 6) is -0.361. The van der Waals surface area contributed by atoms with E-state index in [1.165, 1.54) is 24.3 Å². The second-order valence-electron chi connectivity index (χ2n) is 4.30. The minimum absolute atomic E-state index is 0.0489. The number of hydrogen-bond donors (Lipinski definition) is 1. The monoisotopic (exact) mass is 336 g/mol. The van der Waals surface area contributed by atoms with Crippen molar-refractivity contribution in [1.29, 1.82) is 0 Å². The first-order chi connectivity index (χ1) is 10.5. The number of hydrogen-bond acceptors (Lipinski definition) is 3. The number of carbonyl (C=O) groups excluding carboxylic acids is 1. The molecule has 1 N–H and O–H groups in total. The molecule has 2 aromatic rings. The maximum absolute atomic E-state index is 11.8. The molecule has 0 atom stereocenters. The molecule has 1 amide bonds. The zero-order chi connectivity index (χ0) is 16.1. The van der Waals surface area contributed by atoms with Crippen LogP contribution in [0, 0.1) is 10.1 Å².